The lowest BCUT2D eigenvalue weighted by Crippen LogP contribution is -2.36. The molecule has 0 amide bonds. The second-order valence-electron chi connectivity index (χ2n) is 5.46. The summed E-state index contributed by atoms with van der Waals surface area (Å²) < 4.78 is 32.9. The van der Waals surface area contributed by atoms with Crippen LogP contribution >= 0.6 is 0 Å². The Morgan fingerprint density at radius 2 is 2.15 bits per heavy atom. The van der Waals surface area contributed by atoms with E-state index in [0.717, 1.165) is 12.8 Å². The van der Waals surface area contributed by atoms with Gasteiger partial charge in [-0.25, -0.2) is 13.1 Å². The van der Waals surface area contributed by atoms with E-state index in [1.807, 2.05) is 0 Å². The molecule has 0 radical (unpaired) electrons. The molecule has 3 N–H and O–H groups in total. The Morgan fingerprint density at radius 3 is 2.80 bits per heavy atom. The molecule has 1 aromatic heterocycles. The van der Waals surface area contributed by atoms with Gasteiger partial charge in [0.1, 0.15) is 4.90 Å². The molecule has 1 aliphatic carbocycles. The number of sulfonamides is 1. The Morgan fingerprint density at radius 1 is 1.35 bits per heavy atom. The van der Waals surface area contributed by atoms with Crippen LogP contribution in [0.3, 0.4) is 0 Å². The fraction of sp³-hybridized carbons (Fsp3) is 0.750. The summed E-state index contributed by atoms with van der Waals surface area (Å²) in [5, 5.41) is 10.2. The van der Waals surface area contributed by atoms with Crippen molar-refractivity contribution in [2.24, 2.45) is 0 Å². The normalized spacial score (nSPS) is 23.4. The van der Waals surface area contributed by atoms with Crippen LogP contribution in [0.2, 0.25) is 0 Å². The van der Waals surface area contributed by atoms with Crippen LogP contribution < -0.4 is 10.0 Å². The molecule has 3 rings (SSSR count). The Hall–Kier alpha value is -0.960. The van der Waals surface area contributed by atoms with Gasteiger partial charge >= 0.3 is 0 Å². The van der Waals surface area contributed by atoms with E-state index in [2.05, 4.69) is 20.2 Å². The Balaban J connectivity index is 1.77. The van der Waals surface area contributed by atoms with E-state index in [1.165, 1.54) is 0 Å². The molecule has 1 aromatic rings. The summed E-state index contributed by atoms with van der Waals surface area (Å²) >= 11 is 0. The van der Waals surface area contributed by atoms with Crippen LogP contribution in [0.5, 0.6) is 0 Å². The van der Waals surface area contributed by atoms with Crippen LogP contribution in [0.4, 0.5) is 0 Å². The van der Waals surface area contributed by atoms with Gasteiger partial charge in [-0.2, -0.15) is 5.10 Å². The van der Waals surface area contributed by atoms with Gasteiger partial charge in [-0.1, -0.05) is 0 Å². The van der Waals surface area contributed by atoms with Crippen molar-refractivity contribution in [3.05, 3.63) is 11.4 Å². The average molecular weight is 300 g/mol. The second-order valence-corrected chi connectivity index (χ2v) is 7.11. The minimum absolute atomic E-state index is 0.140. The number of aryl methyl sites for hydroxylation is 1. The summed E-state index contributed by atoms with van der Waals surface area (Å²) in [6.07, 6.45) is 3.03. The van der Waals surface area contributed by atoms with Gasteiger partial charge in [-0.3, -0.25) is 5.10 Å². The molecule has 2 heterocycles. The smallest absolute Gasteiger partial charge is 0.244 e. The van der Waals surface area contributed by atoms with Gasteiger partial charge in [0, 0.05) is 25.2 Å². The molecule has 1 aliphatic heterocycles. The van der Waals surface area contributed by atoms with Crippen molar-refractivity contribution in [1.82, 2.24) is 20.2 Å². The second kappa shape index (κ2) is 5.44. The van der Waals surface area contributed by atoms with E-state index in [9.17, 15) is 8.42 Å². The number of hydrogen-bond acceptors (Lipinski definition) is 5. The van der Waals surface area contributed by atoms with Gasteiger partial charge in [-0.05, 0) is 26.2 Å². The van der Waals surface area contributed by atoms with Crippen molar-refractivity contribution in [2.75, 3.05) is 13.2 Å². The van der Waals surface area contributed by atoms with Crippen LogP contribution in [0, 0.1) is 6.92 Å². The van der Waals surface area contributed by atoms with Gasteiger partial charge in [0.05, 0.1) is 18.0 Å². The number of ether oxygens (including phenoxy) is 1. The zero-order valence-electron chi connectivity index (χ0n) is 11.5. The van der Waals surface area contributed by atoms with E-state index in [4.69, 9.17) is 4.74 Å². The lowest BCUT2D eigenvalue weighted by Gasteiger charge is -2.12. The molecule has 2 fully saturated rings. The van der Waals surface area contributed by atoms with E-state index in [-0.39, 0.29) is 10.9 Å². The zero-order valence-corrected chi connectivity index (χ0v) is 12.3. The highest BCUT2D eigenvalue weighted by Crippen LogP contribution is 2.22. The largest absolute Gasteiger partial charge is 0.380 e. The summed E-state index contributed by atoms with van der Waals surface area (Å²) in [7, 11) is -3.55. The molecule has 1 saturated carbocycles. The van der Waals surface area contributed by atoms with Crippen LogP contribution in [0.25, 0.3) is 0 Å². The lowest BCUT2D eigenvalue weighted by molar-refractivity contribution is 0.192. The highest BCUT2D eigenvalue weighted by atomic mass is 32.2. The first-order valence-electron chi connectivity index (χ1n) is 6.93. The maximum Gasteiger partial charge on any atom is 0.244 e. The first kappa shape index (κ1) is 14.0. The zero-order chi connectivity index (χ0) is 14.2. The van der Waals surface area contributed by atoms with Crippen molar-refractivity contribution in [1.29, 1.82) is 0 Å². The van der Waals surface area contributed by atoms with Crippen molar-refractivity contribution in [3.8, 4) is 0 Å². The molecule has 8 heteroatoms. The van der Waals surface area contributed by atoms with Crippen molar-refractivity contribution >= 4 is 10.0 Å². The minimum atomic E-state index is -3.55. The van der Waals surface area contributed by atoms with Gasteiger partial charge in [-0.15, -0.1) is 0 Å². The molecule has 20 heavy (non-hydrogen) atoms. The summed E-state index contributed by atoms with van der Waals surface area (Å²) in [5.74, 6) is 0. The lowest BCUT2D eigenvalue weighted by atomic mass is 10.3. The van der Waals surface area contributed by atoms with Crippen molar-refractivity contribution in [3.63, 3.8) is 0 Å². The third-order valence-corrected chi connectivity index (χ3v) is 5.34. The molecule has 0 bridgehead atoms. The highest BCUT2D eigenvalue weighted by molar-refractivity contribution is 7.89. The van der Waals surface area contributed by atoms with E-state index in [1.54, 1.807) is 6.92 Å². The molecule has 0 spiro atoms. The predicted octanol–water partition coefficient (Wildman–Crippen LogP) is 0.0373. The van der Waals surface area contributed by atoms with Crippen LogP contribution in [0.15, 0.2) is 4.90 Å². The number of aromatic nitrogens is 2. The third-order valence-electron chi connectivity index (χ3n) is 3.62. The maximum atomic E-state index is 12.5. The summed E-state index contributed by atoms with van der Waals surface area (Å²) in [5.41, 5.74) is 1.13. The predicted molar refractivity (Wildman–Crippen MR) is 72.7 cm³/mol. The van der Waals surface area contributed by atoms with E-state index >= 15 is 0 Å². The molecule has 1 atom stereocenters. The first-order valence-corrected chi connectivity index (χ1v) is 8.42. The molecule has 1 unspecified atom stereocenters. The van der Waals surface area contributed by atoms with E-state index in [0.29, 0.717) is 43.6 Å². The van der Waals surface area contributed by atoms with Crippen molar-refractivity contribution < 1.29 is 13.2 Å². The minimum Gasteiger partial charge on any atom is -0.380 e. The maximum absolute atomic E-state index is 12.5. The number of H-pyrrole nitrogens is 1. The molecule has 1 saturated heterocycles. The summed E-state index contributed by atoms with van der Waals surface area (Å²) in [4.78, 5) is 0.276. The van der Waals surface area contributed by atoms with Gasteiger partial charge in [0.2, 0.25) is 10.0 Å². The Kier molecular flexibility index (Phi) is 3.80. The molecule has 2 aliphatic rings. The first-order chi connectivity index (χ1) is 9.56. The number of nitrogens with zero attached hydrogens (tertiary/aromatic N) is 1. The quantitative estimate of drug-likeness (QED) is 0.689. The molecule has 7 nitrogen and oxygen atoms in total. The van der Waals surface area contributed by atoms with Crippen molar-refractivity contribution in [2.45, 2.75) is 49.7 Å². The van der Waals surface area contributed by atoms with Gasteiger partial charge in [0.15, 0.2) is 0 Å². The summed E-state index contributed by atoms with van der Waals surface area (Å²) in [6.45, 7) is 3.25. The number of nitrogens with one attached hydrogen (secondary N) is 3. The topological polar surface area (TPSA) is 96.1 Å². The third kappa shape index (κ3) is 3.03. The van der Waals surface area contributed by atoms with E-state index < -0.39 is 10.0 Å². The Labute approximate surface area is 118 Å². The molecular formula is C12H20N4O3S. The molecular weight excluding hydrogens is 280 g/mol. The fourth-order valence-corrected chi connectivity index (χ4v) is 4.00. The monoisotopic (exact) mass is 300 g/mol. The average Bonchev–Trinajstić information content (AvgIpc) is 2.94. The standard InChI is InChI=1S/C12H20N4O3S/c1-8-12(11(15-14-8)6-13-9-2-3-9)20(17,18)16-10-4-5-19-7-10/h9-10,13,16H,2-7H2,1H3,(H,14,15). The number of aromatic amines is 1. The Bertz CT molecular complexity index is 574. The van der Waals surface area contributed by atoms with Gasteiger partial charge < -0.3 is 10.1 Å². The SMILES string of the molecule is Cc1[nH]nc(CNC2CC2)c1S(=O)(=O)NC1CCOC1. The summed E-state index contributed by atoms with van der Waals surface area (Å²) in [6, 6.07) is 0.372. The number of rotatable bonds is 6. The van der Waals surface area contributed by atoms with Crippen LogP contribution in [-0.4, -0.2) is 43.9 Å². The number of hydrogen-bond donors (Lipinski definition) is 3. The molecule has 0 aromatic carbocycles. The van der Waals surface area contributed by atoms with Crippen LogP contribution in [-0.2, 0) is 21.3 Å². The molecule has 112 valence electrons. The fourth-order valence-electron chi connectivity index (χ4n) is 2.38. The van der Waals surface area contributed by atoms with Crippen LogP contribution in [0.1, 0.15) is 30.7 Å². The highest BCUT2D eigenvalue weighted by Gasteiger charge is 2.29. The van der Waals surface area contributed by atoms with Gasteiger partial charge in [0.25, 0.3) is 0 Å².